The van der Waals surface area contributed by atoms with Crippen molar-refractivity contribution in [2.75, 3.05) is 6.26 Å². The second kappa shape index (κ2) is 15.6. The SMILES string of the molecule is C=C/C=C(\C=C/S(=O)(=O)c1ccc(C(C)(C)C)cc1)OC(C)(C)c1cc(S(=O)(=O)c2ccc(OC(C)(C)C)cc2)ccc1Oc1ccc(S(C)(=O)=O)cc1. The molecule has 0 spiro atoms. The van der Waals surface area contributed by atoms with Crippen LogP contribution in [0.1, 0.15) is 66.5 Å². The molecule has 0 aliphatic carbocycles. The zero-order valence-corrected chi connectivity index (χ0v) is 34.5. The van der Waals surface area contributed by atoms with Gasteiger partial charge in [0.2, 0.25) is 9.84 Å². The van der Waals surface area contributed by atoms with Gasteiger partial charge in [-0.3, -0.25) is 0 Å². The molecule has 54 heavy (non-hydrogen) atoms. The fourth-order valence-electron chi connectivity index (χ4n) is 5.26. The van der Waals surface area contributed by atoms with Crippen molar-refractivity contribution in [1.82, 2.24) is 0 Å². The summed E-state index contributed by atoms with van der Waals surface area (Å²) in [6.45, 7) is 18.9. The number of benzene rings is 4. The molecule has 0 saturated carbocycles. The van der Waals surface area contributed by atoms with Crippen LogP contribution in [-0.2, 0) is 45.3 Å². The fourth-order valence-corrected chi connectivity index (χ4v) is 8.17. The Morgan fingerprint density at radius 2 is 1.17 bits per heavy atom. The van der Waals surface area contributed by atoms with Crippen molar-refractivity contribution in [3.05, 3.63) is 138 Å². The first-order valence-corrected chi connectivity index (χ1v) is 22.0. The molecule has 0 bridgehead atoms. The van der Waals surface area contributed by atoms with E-state index in [1.807, 2.05) is 41.5 Å². The van der Waals surface area contributed by atoms with Crippen LogP contribution in [0.4, 0.5) is 0 Å². The van der Waals surface area contributed by atoms with Crippen LogP contribution >= 0.6 is 0 Å². The lowest BCUT2D eigenvalue weighted by Crippen LogP contribution is -2.23. The maximum absolute atomic E-state index is 14.0. The predicted octanol–water partition coefficient (Wildman–Crippen LogP) is 9.50. The van der Waals surface area contributed by atoms with Crippen LogP contribution in [0.2, 0.25) is 0 Å². The molecule has 0 N–H and O–H groups in total. The van der Waals surface area contributed by atoms with Gasteiger partial charge in [-0.05, 0) is 137 Å². The summed E-state index contributed by atoms with van der Waals surface area (Å²) in [5.74, 6) is 1.14. The summed E-state index contributed by atoms with van der Waals surface area (Å²) in [7, 11) is -11.4. The Morgan fingerprint density at radius 3 is 1.69 bits per heavy atom. The van der Waals surface area contributed by atoms with Gasteiger partial charge in [-0.2, -0.15) is 0 Å². The van der Waals surface area contributed by atoms with Gasteiger partial charge in [0, 0.05) is 17.2 Å². The molecule has 0 unspecified atom stereocenters. The maximum Gasteiger partial charge on any atom is 0.206 e. The number of sulfone groups is 3. The number of ether oxygens (including phenoxy) is 3. The van der Waals surface area contributed by atoms with Crippen LogP contribution in [0.3, 0.4) is 0 Å². The lowest BCUT2D eigenvalue weighted by atomic mass is 9.87. The third-order valence-corrected chi connectivity index (χ3v) is 12.4. The van der Waals surface area contributed by atoms with Gasteiger partial charge >= 0.3 is 0 Å². The minimum Gasteiger partial charge on any atom is -0.488 e. The number of hydrogen-bond acceptors (Lipinski definition) is 9. The van der Waals surface area contributed by atoms with Crippen LogP contribution in [0.15, 0.2) is 147 Å². The number of hydrogen-bond donors (Lipinski definition) is 0. The van der Waals surface area contributed by atoms with Crippen LogP contribution in [0.5, 0.6) is 17.2 Å². The molecule has 0 aromatic heterocycles. The largest absolute Gasteiger partial charge is 0.488 e. The van der Waals surface area contributed by atoms with Crippen molar-refractivity contribution in [2.45, 2.75) is 91.6 Å². The van der Waals surface area contributed by atoms with E-state index in [1.54, 1.807) is 50.2 Å². The van der Waals surface area contributed by atoms with Crippen molar-refractivity contribution < 1.29 is 39.5 Å². The van der Waals surface area contributed by atoms with E-state index in [1.165, 1.54) is 72.8 Å². The molecule has 0 heterocycles. The van der Waals surface area contributed by atoms with Crippen molar-refractivity contribution in [2.24, 2.45) is 0 Å². The fraction of sp³-hybridized carbons (Fsp3) is 0.286. The molecule has 0 radical (unpaired) electrons. The molecule has 4 rings (SSSR count). The summed E-state index contributed by atoms with van der Waals surface area (Å²) >= 11 is 0. The average Bonchev–Trinajstić information content (AvgIpc) is 3.06. The predicted molar refractivity (Wildman–Crippen MR) is 212 cm³/mol. The molecular formula is C42H48O9S3. The molecule has 12 heteroatoms. The molecule has 0 fully saturated rings. The maximum atomic E-state index is 14.0. The van der Waals surface area contributed by atoms with Crippen molar-refractivity contribution in [1.29, 1.82) is 0 Å². The molecule has 4 aromatic rings. The standard InChI is InChI=1S/C42H48O9S3/c1-11-12-32(27-28-53(45,46)35-19-13-30(14-20-35)40(2,3)4)51-42(8,9)38-29-37(54(47,48)36-23-17-33(18-24-36)50-41(5,6)7)25-26-39(38)49-31-15-21-34(22-16-31)52(10,43)44/h11-29H,1H2,2-10H3/b28-27-,32-12+. The van der Waals surface area contributed by atoms with E-state index in [2.05, 4.69) is 6.58 Å². The van der Waals surface area contributed by atoms with Crippen LogP contribution in [0, 0.1) is 0 Å². The van der Waals surface area contributed by atoms with Gasteiger partial charge in [-0.1, -0.05) is 45.6 Å². The van der Waals surface area contributed by atoms with E-state index in [0.29, 0.717) is 11.3 Å². The topological polar surface area (TPSA) is 130 Å². The van der Waals surface area contributed by atoms with Gasteiger partial charge in [0.05, 0.1) is 19.6 Å². The van der Waals surface area contributed by atoms with E-state index in [4.69, 9.17) is 14.2 Å². The highest BCUT2D eigenvalue weighted by Gasteiger charge is 2.31. The zero-order chi connectivity index (χ0) is 40.3. The van der Waals surface area contributed by atoms with Gasteiger partial charge in [0.1, 0.15) is 34.2 Å². The molecule has 4 aromatic carbocycles. The smallest absolute Gasteiger partial charge is 0.206 e. The Labute approximate surface area is 320 Å². The van der Waals surface area contributed by atoms with E-state index in [0.717, 1.165) is 17.2 Å². The van der Waals surface area contributed by atoms with E-state index < -0.39 is 40.7 Å². The highest BCUT2D eigenvalue weighted by atomic mass is 32.2. The Morgan fingerprint density at radius 1 is 0.648 bits per heavy atom. The Kier molecular flexibility index (Phi) is 12.2. The molecule has 0 aliphatic heterocycles. The number of allylic oxidation sites excluding steroid dienone is 3. The lowest BCUT2D eigenvalue weighted by molar-refractivity contribution is 0.0372. The van der Waals surface area contributed by atoms with E-state index >= 15 is 0 Å². The second-order valence-electron chi connectivity index (χ2n) is 15.2. The summed E-state index contributed by atoms with van der Waals surface area (Å²) in [6.07, 6.45) is 5.34. The minimum atomic E-state index is -4.06. The van der Waals surface area contributed by atoms with Crippen LogP contribution in [0.25, 0.3) is 0 Å². The number of rotatable bonds is 13. The van der Waals surface area contributed by atoms with E-state index in [-0.39, 0.29) is 42.3 Å². The molecular weight excluding hydrogens is 745 g/mol. The molecule has 0 atom stereocenters. The summed E-state index contributed by atoms with van der Waals surface area (Å²) < 4.78 is 97.2. The molecule has 0 aliphatic rings. The minimum absolute atomic E-state index is 0.0365. The van der Waals surface area contributed by atoms with Gasteiger partial charge in [0.25, 0.3) is 0 Å². The Balaban J connectivity index is 1.76. The highest BCUT2D eigenvalue weighted by molar-refractivity contribution is 7.94. The van der Waals surface area contributed by atoms with Crippen LogP contribution < -0.4 is 9.47 Å². The molecule has 0 saturated heterocycles. The first-order valence-electron chi connectivity index (χ1n) is 17.0. The highest BCUT2D eigenvalue weighted by Crippen LogP contribution is 2.40. The average molecular weight is 793 g/mol. The molecule has 0 amide bonds. The first-order chi connectivity index (χ1) is 24.8. The van der Waals surface area contributed by atoms with Crippen LogP contribution in [-0.4, -0.2) is 37.1 Å². The quantitative estimate of drug-likeness (QED) is 0.0960. The second-order valence-corrected chi connectivity index (χ2v) is 21.0. The molecule has 9 nitrogen and oxygen atoms in total. The first kappa shape index (κ1) is 42.1. The summed E-state index contributed by atoms with van der Waals surface area (Å²) in [4.78, 5) is 0.196. The van der Waals surface area contributed by atoms with Gasteiger partial charge in [0.15, 0.2) is 19.7 Å². The summed E-state index contributed by atoms with van der Waals surface area (Å²) in [5, 5.41) is 1.04. The molecule has 288 valence electrons. The van der Waals surface area contributed by atoms with Crippen molar-refractivity contribution in [3.8, 4) is 17.2 Å². The van der Waals surface area contributed by atoms with Gasteiger partial charge < -0.3 is 14.2 Å². The van der Waals surface area contributed by atoms with Gasteiger partial charge in [-0.25, -0.2) is 25.3 Å². The zero-order valence-electron chi connectivity index (χ0n) is 32.1. The van der Waals surface area contributed by atoms with E-state index in [9.17, 15) is 25.3 Å². The van der Waals surface area contributed by atoms with Crippen molar-refractivity contribution >= 4 is 29.5 Å². The summed E-state index contributed by atoms with van der Waals surface area (Å²) in [6, 6.07) is 23.0. The normalized spacial score (nSPS) is 13.5. The van der Waals surface area contributed by atoms with Crippen molar-refractivity contribution in [3.63, 3.8) is 0 Å². The monoisotopic (exact) mass is 792 g/mol. The third-order valence-electron chi connectivity index (χ3n) is 8.06. The summed E-state index contributed by atoms with van der Waals surface area (Å²) in [5.41, 5.74) is -0.676. The Hall–Kier alpha value is -4.65. The third kappa shape index (κ3) is 10.7. The Bertz CT molecular complexity index is 2370. The lowest BCUT2D eigenvalue weighted by Gasteiger charge is -2.30. The van der Waals surface area contributed by atoms with Gasteiger partial charge in [-0.15, -0.1) is 0 Å².